The number of amides is 1. The van der Waals surface area contributed by atoms with Gasteiger partial charge in [0.15, 0.2) is 0 Å². The lowest BCUT2D eigenvalue weighted by Gasteiger charge is -2.30. The Balaban J connectivity index is 1.60. The number of pyridine rings is 1. The largest absolute Gasteiger partial charge is 0.310 e. The van der Waals surface area contributed by atoms with E-state index in [4.69, 9.17) is 11.6 Å². The zero-order valence-corrected chi connectivity index (χ0v) is 15.9. The van der Waals surface area contributed by atoms with Crippen LogP contribution in [0.1, 0.15) is 18.4 Å². The molecule has 3 rings (SSSR count). The quantitative estimate of drug-likeness (QED) is 0.865. The molecular weight excluding hydrogens is 374 g/mol. The number of benzene rings is 1. The number of nitrogens with zero attached hydrogens (tertiary/aromatic N) is 2. The number of rotatable bonds is 4. The van der Waals surface area contributed by atoms with Crippen LogP contribution < -0.4 is 5.32 Å². The summed E-state index contributed by atoms with van der Waals surface area (Å²) < 4.78 is 26.8. The van der Waals surface area contributed by atoms with Gasteiger partial charge in [-0.15, -0.1) is 0 Å². The van der Waals surface area contributed by atoms with Crippen molar-refractivity contribution in [3.8, 4) is 0 Å². The van der Waals surface area contributed by atoms with Gasteiger partial charge in [-0.05, 0) is 44.0 Å². The average Bonchev–Trinajstić information content (AvgIpc) is 2.64. The molecule has 26 heavy (non-hydrogen) atoms. The van der Waals surface area contributed by atoms with Crippen molar-refractivity contribution in [1.82, 2.24) is 9.29 Å². The topological polar surface area (TPSA) is 79.4 Å². The molecule has 0 radical (unpaired) electrons. The van der Waals surface area contributed by atoms with E-state index in [2.05, 4.69) is 10.3 Å². The lowest BCUT2D eigenvalue weighted by atomic mass is 9.97. The molecule has 6 nitrogen and oxygen atoms in total. The molecule has 0 aliphatic carbocycles. The number of hydrogen-bond acceptors (Lipinski definition) is 4. The van der Waals surface area contributed by atoms with Gasteiger partial charge in [0.25, 0.3) is 0 Å². The Bertz CT molecular complexity index is 875. The van der Waals surface area contributed by atoms with Gasteiger partial charge in [0, 0.05) is 25.2 Å². The van der Waals surface area contributed by atoms with Crippen LogP contribution in [-0.4, -0.2) is 36.7 Å². The Morgan fingerprint density at radius 1 is 1.15 bits per heavy atom. The predicted molar refractivity (Wildman–Crippen MR) is 101 cm³/mol. The zero-order chi connectivity index (χ0) is 18.7. The maximum absolute atomic E-state index is 12.7. The summed E-state index contributed by atoms with van der Waals surface area (Å²) in [4.78, 5) is 16.7. The first kappa shape index (κ1) is 18.8. The molecule has 8 heteroatoms. The number of aromatic nitrogens is 1. The fourth-order valence-corrected chi connectivity index (χ4v) is 4.48. The van der Waals surface area contributed by atoms with Gasteiger partial charge < -0.3 is 5.32 Å². The number of aryl methyl sites for hydroxylation is 1. The molecule has 0 atom stereocenters. The molecule has 1 aliphatic rings. The second kappa shape index (κ2) is 7.73. The average molecular weight is 394 g/mol. The second-order valence-electron chi connectivity index (χ2n) is 6.34. The number of hydrogen-bond donors (Lipinski definition) is 1. The van der Waals surface area contributed by atoms with Crippen molar-refractivity contribution in [2.24, 2.45) is 5.92 Å². The van der Waals surface area contributed by atoms with Gasteiger partial charge in [0.05, 0.1) is 9.92 Å². The van der Waals surface area contributed by atoms with E-state index in [-0.39, 0.29) is 16.7 Å². The van der Waals surface area contributed by atoms with Crippen molar-refractivity contribution in [1.29, 1.82) is 0 Å². The number of piperidine rings is 1. The Morgan fingerprint density at radius 2 is 1.81 bits per heavy atom. The summed E-state index contributed by atoms with van der Waals surface area (Å²) in [5, 5.41) is 3.25. The van der Waals surface area contributed by atoms with Crippen molar-refractivity contribution in [3.05, 3.63) is 53.2 Å². The third kappa shape index (κ3) is 4.23. The van der Waals surface area contributed by atoms with Gasteiger partial charge in [-0.25, -0.2) is 13.4 Å². The Hall–Kier alpha value is -1.96. The fraction of sp³-hybridized carbons (Fsp3) is 0.333. The van der Waals surface area contributed by atoms with Crippen molar-refractivity contribution in [2.75, 3.05) is 18.4 Å². The maximum Gasteiger partial charge on any atom is 0.243 e. The summed E-state index contributed by atoms with van der Waals surface area (Å²) in [6.45, 7) is 2.56. The zero-order valence-electron chi connectivity index (χ0n) is 14.4. The Labute approximate surface area is 158 Å². The third-order valence-electron chi connectivity index (χ3n) is 4.46. The van der Waals surface area contributed by atoms with Crippen LogP contribution in [0.5, 0.6) is 0 Å². The van der Waals surface area contributed by atoms with Crippen LogP contribution in [0.4, 0.5) is 5.82 Å². The molecule has 2 aromatic rings. The summed E-state index contributed by atoms with van der Waals surface area (Å²) in [7, 11) is -3.52. The molecule has 1 N–H and O–H groups in total. The standard InChI is InChI=1S/C18H20ClN3O3S/c1-13-2-5-16(6-3-13)26(24,25)22-10-8-14(9-11-22)18(23)21-17-7-4-15(19)12-20-17/h2-7,12,14H,8-11H2,1H3,(H,20,21,23). The molecular formula is C18H20ClN3O3S. The SMILES string of the molecule is Cc1ccc(S(=O)(=O)N2CCC(C(=O)Nc3ccc(Cl)cn3)CC2)cc1. The van der Waals surface area contributed by atoms with E-state index >= 15 is 0 Å². The van der Waals surface area contributed by atoms with Crippen molar-refractivity contribution >= 4 is 33.3 Å². The van der Waals surface area contributed by atoms with Gasteiger partial charge in [0.2, 0.25) is 15.9 Å². The van der Waals surface area contributed by atoms with Crippen LogP contribution in [0.15, 0.2) is 47.5 Å². The minimum atomic E-state index is -3.52. The highest BCUT2D eigenvalue weighted by atomic mass is 35.5. The van der Waals surface area contributed by atoms with Gasteiger partial charge in [-0.2, -0.15) is 4.31 Å². The first-order chi connectivity index (χ1) is 12.4. The number of sulfonamides is 1. The summed E-state index contributed by atoms with van der Waals surface area (Å²) in [5.41, 5.74) is 1.01. The van der Waals surface area contributed by atoms with Crippen LogP contribution in [0.25, 0.3) is 0 Å². The third-order valence-corrected chi connectivity index (χ3v) is 6.60. The Morgan fingerprint density at radius 3 is 2.38 bits per heavy atom. The fourth-order valence-electron chi connectivity index (χ4n) is 2.90. The van der Waals surface area contributed by atoms with Crippen molar-refractivity contribution in [3.63, 3.8) is 0 Å². The van der Waals surface area contributed by atoms with E-state index in [0.717, 1.165) is 5.56 Å². The van der Waals surface area contributed by atoms with E-state index in [0.29, 0.717) is 36.8 Å². The van der Waals surface area contributed by atoms with Crippen LogP contribution in [-0.2, 0) is 14.8 Å². The summed E-state index contributed by atoms with van der Waals surface area (Å²) >= 11 is 5.78. The lowest BCUT2D eigenvalue weighted by molar-refractivity contribution is -0.120. The van der Waals surface area contributed by atoms with Crippen LogP contribution in [0.3, 0.4) is 0 Å². The molecule has 1 fully saturated rings. The molecule has 2 heterocycles. The molecule has 0 saturated carbocycles. The number of carbonyl (C=O) groups excluding carboxylic acids is 1. The van der Waals surface area contributed by atoms with E-state index in [1.165, 1.54) is 10.5 Å². The minimum Gasteiger partial charge on any atom is -0.310 e. The van der Waals surface area contributed by atoms with E-state index in [1.807, 2.05) is 6.92 Å². The van der Waals surface area contributed by atoms with Crippen molar-refractivity contribution in [2.45, 2.75) is 24.7 Å². The first-order valence-electron chi connectivity index (χ1n) is 8.35. The number of nitrogens with one attached hydrogen (secondary N) is 1. The summed E-state index contributed by atoms with van der Waals surface area (Å²) in [5.74, 6) is 0.0539. The minimum absolute atomic E-state index is 0.146. The first-order valence-corrected chi connectivity index (χ1v) is 10.2. The van der Waals surface area contributed by atoms with E-state index in [1.54, 1.807) is 36.4 Å². The number of carbonyl (C=O) groups is 1. The predicted octanol–water partition coefficient (Wildman–Crippen LogP) is 3.08. The Kier molecular flexibility index (Phi) is 5.60. The van der Waals surface area contributed by atoms with Gasteiger partial charge >= 0.3 is 0 Å². The molecule has 0 bridgehead atoms. The highest BCUT2D eigenvalue weighted by molar-refractivity contribution is 7.89. The maximum atomic E-state index is 12.7. The van der Waals surface area contributed by atoms with E-state index in [9.17, 15) is 13.2 Å². The summed E-state index contributed by atoms with van der Waals surface area (Å²) in [6, 6.07) is 10.1. The van der Waals surface area contributed by atoms with E-state index < -0.39 is 10.0 Å². The van der Waals surface area contributed by atoms with Crippen LogP contribution in [0, 0.1) is 12.8 Å². The normalized spacial score (nSPS) is 16.4. The highest BCUT2D eigenvalue weighted by Crippen LogP contribution is 2.25. The molecule has 0 spiro atoms. The number of halogens is 1. The van der Waals surface area contributed by atoms with Gasteiger partial charge in [-0.3, -0.25) is 4.79 Å². The van der Waals surface area contributed by atoms with Crippen molar-refractivity contribution < 1.29 is 13.2 Å². The molecule has 1 aliphatic heterocycles. The molecule has 1 saturated heterocycles. The smallest absolute Gasteiger partial charge is 0.243 e. The molecule has 138 valence electrons. The van der Waals surface area contributed by atoms with Gasteiger partial charge in [-0.1, -0.05) is 29.3 Å². The molecule has 1 amide bonds. The van der Waals surface area contributed by atoms with Crippen LogP contribution in [0.2, 0.25) is 5.02 Å². The molecule has 1 aromatic heterocycles. The van der Waals surface area contributed by atoms with Gasteiger partial charge in [0.1, 0.15) is 5.82 Å². The monoisotopic (exact) mass is 393 g/mol. The molecule has 1 aromatic carbocycles. The number of anilines is 1. The second-order valence-corrected chi connectivity index (χ2v) is 8.72. The lowest BCUT2D eigenvalue weighted by Crippen LogP contribution is -2.41. The summed E-state index contributed by atoms with van der Waals surface area (Å²) in [6.07, 6.45) is 2.42. The van der Waals surface area contributed by atoms with Crippen LogP contribution >= 0.6 is 11.6 Å². The highest BCUT2D eigenvalue weighted by Gasteiger charge is 2.32. The molecule has 0 unspecified atom stereocenters.